The van der Waals surface area contributed by atoms with Crippen molar-refractivity contribution in [2.75, 3.05) is 0 Å². The molecule has 2 heterocycles. The molecule has 0 bridgehead atoms. The van der Waals surface area contributed by atoms with Crippen molar-refractivity contribution in [3.05, 3.63) is 145 Å². The van der Waals surface area contributed by atoms with Crippen molar-refractivity contribution in [2.45, 2.75) is 39.5 Å². The third kappa shape index (κ3) is 4.83. The van der Waals surface area contributed by atoms with Gasteiger partial charge in [0.1, 0.15) is 5.82 Å². The first-order chi connectivity index (χ1) is 22.5. The molecule has 0 atom stereocenters. The molecule has 46 heavy (non-hydrogen) atoms. The number of rotatable bonds is 6. The number of para-hydroxylation sites is 2. The zero-order chi connectivity index (χ0) is 31.4. The van der Waals surface area contributed by atoms with Crippen LogP contribution in [0, 0.1) is 0 Å². The van der Waals surface area contributed by atoms with Crippen LogP contribution < -0.4 is 0 Å². The number of imidazole rings is 1. The van der Waals surface area contributed by atoms with Gasteiger partial charge in [0.25, 0.3) is 0 Å². The highest BCUT2D eigenvalue weighted by atomic mass is 32.1. The van der Waals surface area contributed by atoms with E-state index in [9.17, 15) is 0 Å². The molecule has 0 saturated carbocycles. The third-order valence-corrected chi connectivity index (χ3v) is 10.3. The maximum atomic E-state index is 5.34. The van der Waals surface area contributed by atoms with Gasteiger partial charge < -0.3 is 0 Å². The van der Waals surface area contributed by atoms with E-state index in [0.29, 0.717) is 11.8 Å². The van der Waals surface area contributed by atoms with E-state index in [4.69, 9.17) is 4.98 Å². The molecule has 2 nitrogen and oxygen atoms in total. The lowest BCUT2D eigenvalue weighted by atomic mass is 9.88. The lowest BCUT2D eigenvalue weighted by molar-refractivity contribution is 0.811. The highest BCUT2D eigenvalue weighted by Gasteiger charge is 2.24. The maximum absolute atomic E-state index is 5.34. The number of thiophene rings is 1. The summed E-state index contributed by atoms with van der Waals surface area (Å²) in [6.07, 6.45) is 0. The van der Waals surface area contributed by atoms with Gasteiger partial charge in [-0.1, -0.05) is 107 Å². The Morgan fingerprint density at radius 3 is 1.63 bits per heavy atom. The molecule has 0 N–H and O–H groups in total. The summed E-state index contributed by atoms with van der Waals surface area (Å²) in [5.41, 5.74) is 12.2. The van der Waals surface area contributed by atoms with Crippen molar-refractivity contribution < 1.29 is 0 Å². The largest absolute Gasteiger partial charge is 0.292 e. The smallest absolute Gasteiger partial charge is 0.145 e. The molecule has 6 aromatic carbocycles. The molecule has 0 amide bonds. The first kappa shape index (κ1) is 28.5. The summed E-state index contributed by atoms with van der Waals surface area (Å²) in [6.45, 7) is 9.24. The Kier molecular flexibility index (Phi) is 7.07. The fourth-order valence-electron chi connectivity index (χ4n) is 6.79. The van der Waals surface area contributed by atoms with Crippen LogP contribution in [0.15, 0.2) is 133 Å². The van der Waals surface area contributed by atoms with E-state index in [-0.39, 0.29) is 0 Å². The number of hydrogen-bond donors (Lipinski definition) is 0. The van der Waals surface area contributed by atoms with E-state index >= 15 is 0 Å². The second-order valence-electron chi connectivity index (χ2n) is 12.8. The van der Waals surface area contributed by atoms with Gasteiger partial charge in [-0.25, -0.2) is 4.98 Å². The van der Waals surface area contributed by atoms with Crippen LogP contribution in [0.5, 0.6) is 0 Å². The minimum absolute atomic E-state index is 0.324. The van der Waals surface area contributed by atoms with Crippen molar-refractivity contribution in [3.63, 3.8) is 0 Å². The summed E-state index contributed by atoms with van der Waals surface area (Å²) >= 11 is 1.86. The van der Waals surface area contributed by atoms with Crippen LogP contribution in [0.4, 0.5) is 0 Å². The summed E-state index contributed by atoms with van der Waals surface area (Å²) in [4.78, 5) is 5.34. The van der Waals surface area contributed by atoms with Gasteiger partial charge in [0.2, 0.25) is 0 Å². The Hall–Kier alpha value is -4.99. The molecule has 0 fully saturated rings. The van der Waals surface area contributed by atoms with E-state index in [1.165, 1.54) is 59.2 Å². The lowest BCUT2D eigenvalue weighted by Crippen LogP contribution is -2.09. The standard InChI is InChI=1S/C43H36N2S/c1-27(2)34-25-33(30-15-9-6-10-16-30)26-35(28(3)4)42(34)45-39-18-12-11-17-38(39)44-43(45)32-20-22-41-37(24-32)36-23-31(19-21-40(36)46-41)29-13-7-5-8-14-29/h5-28H,1-4H3. The molecular formula is C43H36N2S. The molecule has 0 aliphatic carbocycles. The predicted molar refractivity (Wildman–Crippen MR) is 198 cm³/mol. The molecule has 0 aliphatic rings. The van der Waals surface area contributed by atoms with E-state index in [2.05, 4.69) is 166 Å². The summed E-state index contributed by atoms with van der Waals surface area (Å²) in [6, 6.07) is 48.6. The summed E-state index contributed by atoms with van der Waals surface area (Å²) in [7, 11) is 0. The summed E-state index contributed by atoms with van der Waals surface area (Å²) in [5, 5.41) is 2.57. The zero-order valence-electron chi connectivity index (χ0n) is 26.7. The van der Waals surface area contributed by atoms with Crippen molar-refractivity contribution in [1.29, 1.82) is 0 Å². The van der Waals surface area contributed by atoms with Crippen LogP contribution in [0.25, 0.3) is 70.5 Å². The van der Waals surface area contributed by atoms with Crippen molar-refractivity contribution >= 4 is 42.5 Å². The minimum atomic E-state index is 0.324. The van der Waals surface area contributed by atoms with Crippen molar-refractivity contribution in [2.24, 2.45) is 0 Å². The average Bonchev–Trinajstić information content (AvgIpc) is 3.66. The van der Waals surface area contributed by atoms with Crippen LogP contribution in [-0.2, 0) is 0 Å². The van der Waals surface area contributed by atoms with E-state index in [1.807, 2.05) is 11.3 Å². The molecule has 3 heteroatoms. The fourth-order valence-corrected chi connectivity index (χ4v) is 7.86. The van der Waals surface area contributed by atoms with Crippen LogP contribution in [-0.4, -0.2) is 9.55 Å². The average molecular weight is 613 g/mol. The zero-order valence-corrected chi connectivity index (χ0v) is 27.5. The van der Waals surface area contributed by atoms with Gasteiger partial charge in [0.05, 0.1) is 16.7 Å². The Labute approximate surface area is 274 Å². The van der Waals surface area contributed by atoms with Crippen molar-refractivity contribution in [3.8, 4) is 39.3 Å². The first-order valence-corrected chi connectivity index (χ1v) is 17.0. The van der Waals surface area contributed by atoms with E-state index < -0.39 is 0 Å². The summed E-state index contributed by atoms with van der Waals surface area (Å²) < 4.78 is 5.05. The molecule has 2 aromatic heterocycles. The van der Waals surface area contributed by atoms with Gasteiger partial charge >= 0.3 is 0 Å². The van der Waals surface area contributed by atoms with E-state index in [0.717, 1.165) is 22.4 Å². The first-order valence-electron chi connectivity index (χ1n) is 16.2. The molecule has 224 valence electrons. The molecule has 0 aliphatic heterocycles. The normalized spacial score (nSPS) is 11.9. The number of aromatic nitrogens is 2. The highest BCUT2D eigenvalue weighted by molar-refractivity contribution is 7.25. The predicted octanol–water partition coefficient (Wildman–Crippen LogP) is 12.6. The molecule has 8 rings (SSSR count). The molecular weight excluding hydrogens is 577 g/mol. The number of hydrogen-bond acceptors (Lipinski definition) is 2. The second kappa shape index (κ2) is 11.4. The van der Waals surface area contributed by atoms with Crippen LogP contribution >= 0.6 is 11.3 Å². The lowest BCUT2D eigenvalue weighted by Gasteiger charge is -2.24. The summed E-state index contributed by atoms with van der Waals surface area (Å²) in [5.74, 6) is 1.63. The van der Waals surface area contributed by atoms with Gasteiger partial charge in [0, 0.05) is 25.7 Å². The van der Waals surface area contributed by atoms with Gasteiger partial charge in [-0.15, -0.1) is 11.3 Å². The monoisotopic (exact) mass is 612 g/mol. The Bertz CT molecular complexity index is 2330. The Morgan fingerprint density at radius 1 is 0.500 bits per heavy atom. The molecule has 8 aromatic rings. The van der Waals surface area contributed by atoms with Gasteiger partial charge in [0.15, 0.2) is 0 Å². The minimum Gasteiger partial charge on any atom is -0.292 e. The molecule has 0 saturated heterocycles. The molecule has 0 unspecified atom stereocenters. The van der Waals surface area contributed by atoms with Gasteiger partial charge in [-0.2, -0.15) is 0 Å². The van der Waals surface area contributed by atoms with Crippen LogP contribution in [0.1, 0.15) is 50.7 Å². The van der Waals surface area contributed by atoms with E-state index in [1.54, 1.807) is 0 Å². The topological polar surface area (TPSA) is 17.8 Å². The highest BCUT2D eigenvalue weighted by Crippen LogP contribution is 2.42. The number of nitrogens with zero attached hydrogens (tertiary/aromatic N) is 2. The Morgan fingerprint density at radius 2 is 1.02 bits per heavy atom. The number of benzene rings is 6. The Balaban J connectivity index is 1.39. The molecule has 0 radical (unpaired) electrons. The van der Waals surface area contributed by atoms with Gasteiger partial charge in [-0.3, -0.25) is 4.57 Å². The quantitative estimate of drug-likeness (QED) is 0.183. The fraction of sp³-hybridized carbons (Fsp3) is 0.140. The van der Waals surface area contributed by atoms with Gasteiger partial charge in [-0.05, 0) is 99.8 Å². The van der Waals surface area contributed by atoms with Crippen molar-refractivity contribution in [1.82, 2.24) is 9.55 Å². The third-order valence-electron chi connectivity index (χ3n) is 9.14. The SMILES string of the molecule is CC(C)c1cc(-c2ccccc2)cc(C(C)C)c1-n1c(-c2ccc3sc4ccc(-c5ccccc5)cc4c3c2)nc2ccccc21. The molecule has 0 spiro atoms. The second-order valence-corrected chi connectivity index (χ2v) is 13.9. The van der Waals surface area contributed by atoms with Crippen LogP contribution in [0.3, 0.4) is 0 Å². The van der Waals surface area contributed by atoms with Crippen LogP contribution in [0.2, 0.25) is 0 Å². The maximum Gasteiger partial charge on any atom is 0.145 e. The number of fused-ring (bicyclic) bond motifs is 4.